The average molecular weight is 191 g/mol. The number of aryl methyl sites for hydroxylation is 1. The Bertz CT molecular complexity index is 436. The van der Waals surface area contributed by atoms with Crippen molar-refractivity contribution >= 4 is 0 Å². The molecule has 2 rings (SSSR count). The van der Waals surface area contributed by atoms with Gasteiger partial charge in [0.1, 0.15) is 5.76 Å². The monoisotopic (exact) mass is 191 g/mol. The van der Waals surface area contributed by atoms with Crippen molar-refractivity contribution in [2.45, 2.75) is 6.92 Å². The molecule has 1 aromatic heterocycles. The third-order valence-electron chi connectivity index (χ3n) is 1.66. The Labute approximate surface area is 80.8 Å². The van der Waals surface area contributed by atoms with Gasteiger partial charge in [0.2, 0.25) is 0 Å². The summed E-state index contributed by atoms with van der Waals surface area (Å²) >= 11 is 0. The van der Waals surface area contributed by atoms with Crippen LogP contribution in [0.25, 0.3) is 0 Å². The van der Waals surface area contributed by atoms with E-state index in [1.807, 2.05) is 0 Å². The Balaban J connectivity index is 2.23. The van der Waals surface area contributed by atoms with Crippen LogP contribution in [0, 0.1) is 6.92 Å². The van der Waals surface area contributed by atoms with Crippen molar-refractivity contribution < 1.29 is 14.3 Å². The molecule has 1 aromatic carbocycles. The number of hydrogen-bond donors (Lipinski definition) is 1. The first kappa shape index (κ1) is 8.62. The molecule has 0 amide bonds. The summed E-state index contributed by atoms with van der Waals surface area (Å²) in [6, 6.07) is 6.63. The topological polar surface area (TPSA) is 55.5 Å². The summed E-state index contributed by atoms with van der Waals surface area (Å²) in [5, 5.41) is 9.38. The smallest absolute Gasteiger partial charge is 0.399 e. The number of nitrogens with zero attached hydrogens (tertiary/aromatic N) is 1. The number of para-hydroxylation sites is 2. The second-order valence-electron chi connectivity index (χ2n) is 2.81. The van der Waals surface area contributed by atoms with E-state index in [-0.39, 0.29) is 11.8 Å². The Morgan fingerprint density at radius 2 is 2.14 bits per heavy atom. The highest BCUT2D eigenvalue weighted by Crippen LogP contribution is 2.29. The first-order chi connectivity index (χ1) is 6.75. The highest BCUT2D eigenvalue weighted by Gasteiger charge is 2.06. The number of oxazole rings is 1. The highest BCUT2D eigenvalue weighted by molar-refractivity contribution is 5.39. The van der Waals surface area contributed by atoms with Crippen LogP contribution >= 0.6 is 0 Å². The lowest BCUT2D eigenvalue weighted by molar-refractivity contribution is 0.309. The molecule has 1 heterocycles. The van der Waals surface area contributed by atoms with Gasteiger partial charge in [-0.25, -0.2) is 0 Å². The summed E-state index contributed by atoms with van der Waals surface area (Å²) in [6.07, 6.45) is 1.68. The molecule has 0 fully saturated rings. The van der Waals surface area contributed by atoms with Crippen molar-refractivity contribution in [1.82, 2.24) is 4.98 Å². The standard InChI is InChI=1S/C10H9NO3/c1-7-6-11-10(13-7)14-9-5-3-2-4-8(9)12/h2-6,12H,1H3. The van der Waals surface area contributed by atoms with E-state index < -0.39 is 0 Å². The average Bonchev–Trinajstić information content (AvgIpc) is 2.56. The molecule has 0 spiro atoms. The number of rotatable bonds is 2. The third-order valence-corrected chi connectivity index (χ3v) is 1.66. The van der Waals surface area contributed by atoms with Crippen molar-refractivity contribution in [3.05, 3.63) is 36.2 Å². The molecule has 14 heavy (non-hydrogen) atoms. The molecule has 0 saturated heterocycles. The second-order valence-corrected chi connectivity index (χ2v) is 2.81. The number of phenols is 1. The number of hydrogen-bond acceptors (Lipinski definition) is 4. The molecule has 4 nitrogen and oxygen atoms in total. The molecular weight excluding hydrogens is 182 g/mol. The fourth-order valence-electron chi connectivity index (χ4n) is 1.02. The molecule has 72 valence electrons. The second kappa shape index (κ2) is 3.41. The van der Waals surface area contributed by atoms with Crippen molar-refractivity contribution in [2.75, 3.05) is 0 Å². The molecule has 0 radical (unpaired) electrons. The van der Waals surface area contributed by atoms with Gasteiger partial charge >= 0.3 is 6.08 Å². The summed E-state index contributed by atoms with van der Waals surface area (Å²) in [5.41, 5.74) is 0. The van der Waals surface area contributed by atoms with Gasteiger partial charge in [0.25, 0.3) is 0 Å². The third kappa shape index (κ3) is 1.69. The van der Waals surface area contributed by atoms with Gasteiger partial charge in [0.15, 0.2) is 11.5 Å². The fourth-order valence-corrected chi connectivity index (χ4v) is 1.02. The number of ether oxygens (including phenoxy) is 1. The molecule has 0 atom stereocenters. The molecule has 4 heteroatoms. The van der Waals surface area contributed by atoms with Crippen LogP contribution in [0.2, 0.25) is 0 Å². The van der Waals surface area contributed by atoms with Crippen LogP contribution in [0.15, 0.2) is 34.9 Å². The Morgan fingerprint density at radius 3 is 2.79 bits per heavy atom. The van der Waals surface area contributed by atoms with Gasteiger partial charge in [-0.2, -0.15) is 4.98 Å². The van der Waals surface area contributed by atoms with E-state index in [1.54, 1.807) is 31.3 Å². The normalized spacial score (nSPS) is 10.1. The maximum absolute atomic E-state index is 9.38. The van der Waals surface area contributed by atoms with Crippen molar-refractivity contribution in [3.63, 3.8) is 0 Å². The van der Waals surface area contributed by atoms with Crippen LogP contribution in [-0.4, -0.2) is 10.1 Å². The van der Waals surface area contributed by atoms with Crippen LogP contribution in [0.4, 0.5) is 0 Å². The lowest BCUT2D eigenvalue weighted by atomic mass is 10.3. The van der Waals surface area contributed by atoms with Gasteiger partial charge < -0.3 is 14.3 Å². The highest BCUT2D eigenvalue weighted by atomic mass is 16.6. The van der Waals surface area contributed by atoms with Crippen LogP contribution in [-0.2, 0) is 0 Å². The van der Waals surface area contributed by atoms with Crippen molar-refractivity contribution in [3.8, 4) is 17.6 Å². The van der Waals surface area contributed by atoms with Crippen LogP contribution < -0.4 is 4.74 Å². The number of phenolic OH excluding ortho intramolecular Hbond substituents is 1. The van der Waals surface area contributed by atoms with Crippen LogP contribution in [0.3, 0.4) is 0 Å². The van der Waals surface area contributed by atoms with Gasteiger partial charge in [-0.05, 0) is 19.1 Å². The molecular formula is C10H9NO3. The molecule has 0 saturated carbocycles. The van der Waals surface area contributed by atoms with Gasteiger partial charge in [-0.15, -0.1) is 0 Å². The predicted octanol–water partition coefficient (Wildman–Crippen LogP) is 2.48. The summed E-state index contributed by atoms with van der Waals surface area (Å²) in [5.74, 6) is 1.05. The first-order valence-electron chi connectivity index (χ1n) is 4.14. The summed E-state index contributed by atoms with van der Waals surface area (Å²) in [6.45, 7) is 1.77. The van der Waals surface area contributed by atoms with Gasteiger partial charge in [0, 0.05) is 0 Å². The minimum atomic E-state index is 0.0587. The molecule has 0 unspecified atom stereocenters. The predicted molar refractivity (Wildman–Crippen MR) is 49.4 cm³/mol. The fraction of sp³-hybridized carbons (Fsp3) is 0.100. The Morgan fingerprint density at radius 1 is 1.36 bits per heavy atom. The van der Waals surface area contributed by atoms with Crippen molar-refractivity contribution in [1.29, 1.82) is 0 Å². The molecule has 0 bridgehead atoms. The van der Waals surface area contributed by atoms with E-state index in [9.17, 15) is 5.11 Å². The lowest BCUT2D eigenvalue weighted by Crippen LogP contribution is -1.83. The maximum Gasteiger partial charge on any atom is 0.399 e. The van der Waals surface area contributed by atoms with E-state index in [0.717, 1.165) is 0 Å². The quantitative estimate of drug-likeness (QED) is 0.792. The van der Waals surface area contributed by atoms with E-state index in [4.69, 9.17) is 9.15 Å². The first-order valence-corrected chi connectivity index (χ1v) is 4.14. The molecule has 1 N–H and O–H groups in total. The minimum Gasteiger partial charge on any atom is -0.504 e. The van der Waals surface area contributed by atoms with Gasteiger partial charge in [-0.3, -0.25) is 0 Å². The van der Waals surface area contributed by atoms with E-state index in [1.165, 1.54) is 6.07 Å². The molecule has 0 aliphatic heterocycles. The van der Waals surface area contributed by atoms with Crippen LogP contribution in [0.1, 0.15) is 5.76 Å². The van der Waals surface area contributed by atoms with Crippen molar-refractivity contribution in [2.24, 2.45) is 0 Å². The largest absolute Gasteiger partial charge is 0.504 e. The van der Waals surface area contributed by atoms with Gasteiger partial charge in [-0.1, -0.05) is 12.1 Å². The Kier molecular flexibility index (Phi) is 2.10. The number of aromatic hydroxyl groups is 1. The van der Waals surface area contributed by atoms with E-state index in [0.29, 0.717) is 11.5 Å². The van der Waals surface area contributed by atoms with E-state index >= 15 is 0 Å². The lowest BCUT2D eigenvalue weighted by Gasteiger charge is -2.01. The summed E-state index contributed by atoms with van der Waals surface area (Å²) in [7, 11) is 0. The number of aromatic nitrogens is 1. The number of benzene rings is 1. The van der Waals surface area contributed by atoms with E-state index in [2.05, 4.69) is 4.98 Å². The molecule has 2 aromatic rings. The molecule has 0 aliphatic rings. The summed E-state index contributed by atoms with van der Waals surface area (Å²) in [4.78, 5) is 3.85. The Hall–Kier alpha value is -1.97. The van der Waals surface area contributed by atoms with Crippen LogP contribution in [0.5, 0.6) is 17.6 Å². The van der Waals surface area contributed by atoms with Gasteiger partial charge in [0.05, 0.1) is 6.20 Å². The summed E-state index contributed by atoms with van der Waals surface area (Å²) < 4.78 is 10.3. The zero-order valence-corrected chi connectivity index (χ0v) is 7.60. The minimum absolute atomic E-state index is 0.0587. The zero-order chi connectivity index (χ0) is 9.97. The maximum atomic E-state index is 9.38. The SMILES string of the molecule is Cc1cnc(Oc2ccccc2O)o1. The zero-order valence-electron chi connectivity index (χ0n) is 7.60. The molecule has 0 aliphatic carbocycles.